The average molecular weight is 255 g/mol. The van der Waals surface area contributed by atoms with Crippen LogP contribution in [-0.4, -0.2) is 19.1 Å². The highest BCUT2D eigenvalue weighted by molar-refractivity contribution is 6.33. The third-order valence-corrected chi connectivity index (χ3v) is 2.64. The number of rotatable bonds is 3. The lowest BCUT2D eigenvalue weighted by Gasteiger charge is -2.12. The predicted molar refractivity (Wildman–Crippen MR) is 69.5 cm³/mol. The first kappa shape index (κ1) is 13.5. The van der Waals surface area contributed by atoms with Crippen molar-refractivity contribution in [3.8, 4) is 0 Å². The van der Waals surface area contributed by atoms with Crippen molar-refractivity contribution in [2.24, 2.45) is 5.73 Å². The summed E-state index contributed by atoms with van der Waals surface area (Å²) in [5.41, 5.74) is 13.4. The Morgan fingerprint density at radius 3 is 2.65 bits per heavy atom. The van der Waals surface area contributed by atoms with Crippen LogP contribution in [0.2, 0.25) is 5.02 Å². The normalized spacial score (nSPS) is 13.3. The SMILES string of the molecule is COC(=O)/C=C(/c1ccc(Cl)c(N)c1)C(C)N. The fourth-order valence-electron chi connectivity index (χ4n) is 1.39. The minimum absolute atomic E-state index is 0.310. The molecular formula is C12H15ClN2O2. The lowest BCUT2D eigenvalue weighted by atomic mass is 9.99. The van der Waals surface area contributed by atoms with Gasteiger partial charge in [0.05, 0.1) is 17.8 Å². The molecule has 0 saturated heterocycles. The van der Waals surface area contributed by atoms with Gasteiger partial charge in [-0.25, -0.2) is 4.79 Å². The van der Waals surface area contributed by atoms with Gasteiger partial charge in [0.2, 0.25) is 0 Å². The van der Waals surface area contributed by atoms with Crippen LogP contribution in [0, 0.1) is 0 Å². The van der Waals surface area contributed by atoms with E-state index in [9.17, 15) is 4.79 Å². The fourth-order valence-corrected chi connectivity index (χ4v) is 1.50. The summed E-state index contributed by atoms with van der Waals surface area (Å²) in [4.78, 5) is 11.2. The van der Waals surface area contributed by atoms with Gasteiger partial charge < -0.3 is 16.2 Å². The van der Waals surface area contributed by atoms with Crippen LogP contribution in [0.25, 0.3) is 5.57 Å². The Labute approximate surface area is 105 Å². The van der Waals surface area contributed by atoms with Gasteiger partial charge in [0.15, 0.2) is 0 Å². The number of nitrogen functional groups attached to an aromatic ring is 1. The van der Waals surface area contributed by atoms with E-state index in [1.807, 2.05) is 0 Å². The number of ether oxygens (including phenoxy) is 1. The van der Waals surface area contributed by atoms with E-state index in [1.54, 1.807) is 25.1 Å². The topological polar surface area (TPSA) is 78.3 Å². The first-order chi connectivity index (χ1) is 7.95. The van der Waals surface area contributed by atoms with E-state index < -0.39 is 5.97 Å². The molecular weight excluding hydrogens is 240 g/mol. The molecule has 0 bridgehead atoms. The van der Waals surface area contributed by atoms with Crippen LogP contribution < -0.4 is 11.5 Å². The number of esters is 1. The Morgan fingerprint density at radius 1 is 1.53 bits per heavy atom. The second-order valence-corrected chi connectivity index (χ2v) is 4.06. The molecule has 0 spiro atoms. The molecule has 1 aromatic rings. The van der Waals surface area contributed by atoms with Gasteiger partial charge in [-0.05, 0) is 30.2 Å². The molecule has 5 heteroatoms. The smallest absolute Gasteiger partial charge is 0.330 e. The highest BCUT2D eigenvalue weighted by atomic mass is 35.5. The van der Waals surface area contributed by atoms with Crippen molar-refractivity contribution < 1.29 is 9.53 Å². The molecule has 0 amide bonds. The lowest BCUT2D eigenvalue weighted by Crippen LogP contribution is -2.18. The molecule has 17 heavy (non-hydrogen) atoms. The summed E-state index contributed by atoms with van der Waals surface area (Å²) in [6.45, 7) is 1.78. The summed E-state index contributed by atoms with van der Waals surface area (Å²) in [5, 5.41) is 0.468. The zero-order chi connectivity index (χ0) is 13.0. The molecule has 0 aliphatic rings. The summed E-state index contributed by atoms with van der Waals surface area (Å²) < 4.78 is 4.58. The first-order valence-electron chi connectivity index (χ1n) is 5.06. The van der Waals surface area contributed by atoms with Crippen LogP contribution in [0.1, 0.15) is 12.5 Å². The van der Waals surface area contributed by atoms with E-state index in [0.717, 1.165) is 5.56 Å². The molecule has 1 rings (SSSR count). The largest absolute Gasteiger partial charge is 0.466 e. The Morgan fingerprint density at radius 2 is 2.18 bits per heavy atom. The van der Waals surface area contributed by atoms with Gasteiger partial charge in [0.25, 0.3) is 0 Å². The monoisotopic (exact) mass is 254 g/mol. The fraction of sp³-hybridized carbons (Fsp3) is 0.250. The van der Waals surface area contributed by atoms with Gasteiger partial charge in [-0.15, -0.1) is 0 Å². The van der Waals surface area contributed by atoms with Crippen LogP contribution in [0.3, 0.4) is 0 Å². The van der Waals surface area contributed by atoms with Gasteiger partial charge in [0, 0.05) is 12.1 Å². The molecule has 0 radical (unpaired) electrons. The van der Waals surface area contributed by atoms with E-state index in [-0.39, 0.29) is 6.04 Å². The summed E-state index contributed by atoms with van der Waals surface area (Å²) in [5.74, 6) is -0.453. The minimum Gasteiger partial charge on any atom is -0.466 e. The first-order valence-corrected chi connectivity index (χ1v) is 5.44. The summed E-state index contributed by atoms with van der Waals surface area (Å²) in [7, 11) is 1.31. The number of hydrogen-bond donors (Lipinski definition) is 2. The van der Waals surface area contributed by atoms with E-state index in [0.29, 0.717) is 16.3 Å². The van der Waals surface area contributed by atoms with Crippen molar-refractivity contribution >= 4 is 28.8 Å². The van der Waals surface area contributed by atoms with Crippen molar-refractivity contribution in [2.75, 3.05) is 12.8 Å². The Bertz CT molecular complexity index is 456. The molecule has 0 aliphatic heterocycles. The standard InChI is InChI=1S/C12H15ClN2O2/c1-7(14)9(6-12(16)17-2)8-3-4-10(13)11(15)5-8/h3-7H,14-15H2,1-2H3/b9-6+. The molecule has 0 saturated carbocycles. The Balaban J connectivity index is 3.19. The van der Waals surface area contributed by atoms with Crippen LogP contribution >= 0.6 is 11.6 Å². The van der Waals surface area contributed by atoms with Gasteiger partial charge in [-0.3, -0.25) is 0 Å². The van der Waals surface area contributed by atoms with E-state index >= 15 is 0 Å². The van der Waals surface area contributed by atoms with Crippen LogP contribution in [0.15, 0.2) is 24.3 Å². The van der Waals surface area contributed by atoms with Crippen molar-refractivity contribution in [3.05, 3.63) is 34.9 Å². The van der Waals surface area contributed by atoms with Crippen LogP contribution in [-0.2, 0) is 9.53 Å². The van der Waals surface area contributed by atoms with E-state index in [4.69, 9.17) is 23.1 Å². The molecule has 0 aromatic heterocycles. The number of methoxy groups -OCH3 is 1. The average Bonchev–Trinajstić information content (AvgIpc) is 2.29. The summed E-state index contributed by atoms with van der Waals surface area (Å²) >= 11 is 5.83. The van der Waals surface area contributed by atoms with Gasteiger partial charge >= 0.3 is 5.97 Å². The molecule has 0 fully saturated rings. The molecule has 1 unspecified atom stereocenters. The number of anilines is 1. The Hall–Kier alpha value is -1.52. The predicted octanol–water partition coefficient (Wildman–Crippen LogP) is 1.83. The third kappa shape index (κ3) is 3.47. The third-order valence-electron chi connectivity index (χ3n) is 2.29. The quantitative estimate of drug-likeness (QED) is 0.490. The maximum Gasteiger partial charge on any atom is 0.330 e. The van der Waals surface area contributed by atoms with Gasteiger partial charge in [0.1, 0.15) is 0 Å². The number of halogens is 1. The molecule has 1 atom stereocenters. The molecule has 0 aliphatic carbocycles. The number of carbonyl (C=O) groups is 1. The summed E-state index contributed by atoms with van der Waals surface area (Å²) in [6, 6.07) is 4.80. The van der Waals surface area contributed by atoms with Crippen LogP contribution in [0.4, 0.5) is 5.69 Å². The van der Waals surface area contributed by atoms with Gasteiger partial charge in [-0.2, -0.15) is 0 Å². The number of carbonyl (C=O) groups excluding carboxylic acids is 1. The van der Waals surface area contributed by atoms with Crippen molar-refractivity contribution in [1.29, 1.82) is 0 Å². The van der Waals surface area contributed by atoms with Crippen LogP contribution in [0.5, 0.6) is 0 Å². The number of benzene rings is 1. The molecule has 92 valence electrons. The van der Waals surface area contributed by atoms with Crippen molar-refractivity contribution in [1.82, 2.24) is 0 Å². The zero-order valence-electron chi connectivity index (χ0n) is 9.74. The molecule has 1 aromatic carbocycles. The zero-order valence-corrected chi connectivity index (χ0v) is 10.5. The Kier molecular flexibility index (Phi) is 4.54. The minimum atomic E-state index is -0.453. The van der Waals surface area contributed by atoms with E-state index in [1.165, 1.54) is 13.2 Å². The van der Waals surface area contributed by atoms with Crippen molar-refractivity contribution in [3.63, 3.8) is 0 Å². The lowest BCUT2D eigenvalue weighted by molar-refractivity contribution is -0.134. The maximum absolute atomic E-state index is 11.2. The van der Waals surface area contributed by atoms with E-state index in [2.05, 4.69) is 4.74 Å². The molecule has 4 N–H and O–H groups in total. The number of nitrogens with two attached hydrogens (primary N) is 2. The van der Waals surface area contributed by atoms with Crippen molar-refractivity contribution in [2.45, 2.75) is 13.0 Å². The summed E-state index contributed by atoms with van der Waals surface area (Å²) in [6.07, 6.45) is 1.35. The second kappa shape index (κ2) is 5.70. The maximum atomic E-state index is 11.2. The highest BCUT2D eigenvalue weighted by Gasteiger charge is 2.11. The molecule has 4 nitrogen and oxygen atoms in total. The second-order valence-electron chi connectivity index (χ2n) is 3.65. The number of hydrogen-bond acceptors (Lipinski definition) is 4. The highest BCUT2D eigenvalue weighted by Crippen LogP contribution is 2.25. The van der Waals surface area contributed by atoms with Gasteiger partial charge in [-0.1, -0.05) is 17.7 Å². The molecule has 0 heterocycles.